The first-order valence-corrected chi connectivity index (χ1v) is 12.2. The molecule has 1 saturated carbocycles. The van der Waals surface area contributed by atoms with E-state index in [0.717, 1.165) is 12.1 Å². The summed E-state index contributed by atoms with van der Waals surface area (Å²) in [6.45, 7) is 2.60. The first kappa shape index (κ1) is 28.7. The molecule has 2 N–H and O–H groups in total. The molecular formula is C25H25F6NO4S. The van der Waals surface area contributed by atoms with Crippen LogP contribution in [0.2, 0.25) is 0 Å². The maximum absolute atomic E-state index is 14.1. The van der Waals surface area contributed by atoms with Crippen LogP contribution in [-0.2, 0) is 28.5 Å². The SMILES string of the molecule is CC(C)c1ccccc1Sc1ccc(COC(=O)N[C@H]2CC[C@@H](C(=O)O)C2)c(C(F)(F)F)c1C(F)(F)F. The van der Waals surface area contributed by atoms with Gasteiger partial charge in [0.05, 0.1) is 17.0 Å². The highest BCUT2D eigenvalue weighted by Gasteiger charge is 2.47. The van der Waals surface area contributed by atoms with Crippen LogP contribution in [0.5, 0.6) is 0 Å². The Hall–Kier alpha value is -2.89. The Bertz CT molecular complexity index is 1150. The quantitative estimate of drug-likeness (QED) is 0.350. The van der Waals surface area contributed by atoms with Crippen molar-refractivity contribution >= 4 is 23.8 Å². The minimum absolute atomic E-state index is 0.0723. The molecule has 5 nitrogen and oxygen atoms in total. The minimum Gasteiger partial charge on any atom is -0.481 e. The molecule has 2 aromatic rings. The highest BCUT2D eigenvalue weighted by Crippen LogP contribution is 2.48. The summed E-state index contributed by atoms with van der Waals surface area (Å²) >= 11 is 0.595. The third-order valence-corrected chi connectivity index (χ3v) is 7.20. The van der Waals surface area contributed by atoms with Crippen molar-refractivity contribution in [3.63, 3.8) is 0 Å². The number of halogens is 6. The zero-order valence-electron chi connectivity index (χ0n) is 19.9. The summed E-state index contributed by atoms with van der Waals surface area (Å²) in [4.78, 5) is 22.9. The lowest BCUT2D eigenvalue weighted by Gasteiger charge is -2.23. The third kappa shape index (κ3) is 7.12. The van der Waals surface area contributed by atoms with Gasteiger partial charge < -0.3 is 15.2 Å². The molecule has 2 atom stereocenters. The number of nitrogens with one attached hydrogen (secondary N) is 1. The van der Waals surface area contributed by atoms with Crippen LogP contribution in [0.25, 0.3) is 0 Å². The van der Waals surface area contributed by atoms with Gasteiger partial charge in [-0.25, -0.2) is 4.79 Å². The molecular weight excluding hydrogens is 524 g/mol. The molecule has 0 unspecified atom stereocenters. The van der Waals surface area contributed by atoms with Crippen molar-refractivity contribution in [3.05, 3.63) is 58.7 Å². The number of carboxylic acid groups (broad SMARTS) is 1. The van der Waals surface area contributed by atoms with Crippen LogP contribution in [0, 0.1) is 5.92 Å². The summed E-state index contributed by atoms with van der Waals surface area (Å²) in [6, 6.07) is 7.81. The number of hydrogen-bond donors (Lipinski definition) is 2. The fourth-order valence-corrected chi connectivity index (χ4v) is 5.56. The Kier molecular flexibility index (Phi) is 8.71. The van der Waals surface area contributed by atoms with Crippen molar-refractivity contribution < 1.29 is 45.8 Å². The average molecular weight is 550 g/mol. The molecule has 2 aromatic carbocycles. The van der Waals surface area contributed by atoms with Crippen LogP contribution in [0.4, 0.5) is 31.1 Å². The predicted octanol–water partition coefficient (Wildman–Crippen LogP) is 7.48. The molecule has 0 radical (unpaired) electrons. The van der Waals surface area contributed by atoms with Gasteiger partial charge in [-0.1, -0.05) is 49.9 Å². The highest BCUT2D eigenvalue weighted by atomic mass is 32.2. The first-order chi connectivity index (χ1) is 17.2. The predicted molar refractivity (Wildman–Crippen MR) is 123 cm³/mol. The Morgan fingerprint density at radius 2 is 1.65 bits per heavy atom. The molecule has 0 aliphatic heterocycles. The number of ether oxygens (including phenoxy) is 1. The van der Waals surface area contributed by atoms with Crippen LogP contribution < -0.4 is 5.32 Å². The maximum atomic E-state index is 14.1. The lowest BCUT2D eigenvalue weighted by molar-refractivity contribution is -0.164. The van der Waals surface area contributed by atoms with E-state index in [4.69, 9.17) is 9.84 Å². The second-order valence-corrected chi connectivity index (χ2v) is 10.1. The fraction of sp³-hybridized carbons (Fsp3) is 0.440. The number of carbonyl (C=O) groups excluding carboxylic acids is 1. The van der Waals surface area contributed by atoms with Crippen molar-refractivity contribution in [3.8, 4) is 0 Å². The van der Waals surface area contributed by atoms with Crippen molar-refractivity contribution in [1.82, 2.24) is 5.32 Å². The van der Waals surface area contributed by atoms with Crippen LogP contribution in [-0.4, -0.2) is 23.2 Å². The van der Waals surface area contributed by atoms with E-state index in [0.29, 0.717) is 35.1 Å². The van der Waals surface area contributed by atoms with E-state index in [2.05, 4.69) is 5.32 Å². The number of hydrogen-bond acceptors (Lipinski definition) is 4. The molecule has 0 heterocycles. The molecule has 0 spiro atoms. The average Bonchev–Trinajstić information content (AvgIpc) is 3.25. The maximum Gasteiger partial charge on any atom is 0.418 e. The van der Waals surface area contributed by atoms with Crippen LogP contribution in [0.3, 0.4) is 0 Å². The fourth-order valence-electron chi connectivity index (χ4n) is 4.29. The van der Waals surface area contributed by atoms with Gasteiger partial charge in [0.25, 0.3) is 0 Å². The molecule has 0 bridgehead atoms. The van der Waals surface area contributed by atoms with Gasteiger partial charge in [-0.15, -0.1) is 0 Å². The molecule has 1 aliphatic rings. The Balaban J connectivity index is 1.90. The number of rotatable bonds is 7. The Morgan fingerprint density at radius 1 is 1.00 bits per heavy atom. The van der Waals surface area contributed by atoms with Gasteiger partial charge in [-0.05, 0) is 42.9 Å². The monoisotopic (exact) mass is 549 g/mol. The lowest BCUT2D eigenvalue weighted by atomic mass is 10.00. The van der Waals surface area contributed by atoms with Crippen molar-refractivity contribution in [2.24, 2.45) is 5.92 Å². The molecule has 1 aliphatic carbocycles. The van der Waals surface area contributed by atoms with Crippen molar-refractivity contribution in [2.75, 3.05) is 0 Å². The number of carbonyl (C=O) groups is 2. The van der Waals surface area contributed by atoms with Gasteiger partial charge in [0.1, 0.15) is 6.61 Å². The van der Waals surface area contributed by atoms with E-state index < -0.39 is 64.6 Å². The van der Waals surface area contributed by atoms with Crippen LogP contribution in [0.1, 0.15) is 61.3 Å². The summed E-state index contributed by atoms with van der Waals surface area (Å²) in [5.41, 5.74) is -3.90. The molecule has 1 amide bonds. The van der Waals surface area contributed by atoms with Gasteiger partial charge in [0.2, 0.25) is 0 Å². The van der Waals surface area contributed by atoms with E-state index in [-0.39, 0.29) is 12.3 Å². The van der Waals surface area contributed by atoms with E-state index >= 15 is 0 Å². The molecule has 202 valence electrons. The van der Waals surface area contributed by atoms with Gasteiger partial charge in [0, 0.05) is 21.4 Å². The van der Waals surface area contributed by atoms with Gasteiger partial charge in [0.15, 0.2) is 0 Å². The smallest absolute Gasteiger partial charge is 0.418 e. The Labute approximate surface area is 213 Å². The second-order valence-electron chi connectivity index (χ2n) is 9.03. The number of carboxylic acids is 1. The zero-order chi connectivity index (χ0) is 27.5. The number of aliphatic carboxylic acids is 1. The molecule has 0 saturated heterocycles. The topological polar surface area (TPSA) is 75.6 Å². The van der Waals surface area contributed by atoms with Crippen LogP contribution >= 0.6 is 11.8 Å². The second kappa shape index (κ2) is 11.2. The number of alkyl halides is 6. The van der Waals surface area contributed by atoms with Gasteiger partial charge >= 0.3 is 24.4 Å². The minimum atomic E-state index is -5.38. The lowest BCUT2D eigenvalue weighted by Crippen LogP contribution is -2.34. The van der Waals surface area contributed by atoms with Gasteiger partial charge in [-0.2, -0.15) is 26.3 Å². The molecule has 12 heteroatoms. The van der Waals surface area contributed by atoms with E-state index in [1.165, 1.54) is 0 Å². The van der Waals surface area contributed by atoms with Crippen molar-refractivity contribution in [2.45, 2.75) is 73.8 Å². The Morgan fingerprint density at radius 3 is 2.22 bits per heavy atom. The third-order valence-electron chi connectivity index (χ3n) is 6.04. The standard InChI is InChI=1S/C25H25F6NO4S/c1-13(2)17-5-3-4-6-18(17)37-19-10-8-15(20(24(26,27)28)21(19)25(29,30)31)12-36-23(35)32-16-9-7-14(11-16)22(33)34/h3-6,8,10,13-14,16H,7,9,11-12H2,1-2H3,(H,32,35)(H,33,34)/t14-,16+/m1/s1. The van der Waals surface area contributed by atoms with E-state index in [9.17, 15) is 35.9 Å². The molecule has 3 rings (SSSR count). The van der Waals surface area contributed by atoms with Crippen LogP contribution in [0.15, 0.2) is 46.2 Å². The summed E-state index contributed by atoms with van der Waals surface area (Å²) in [5.74, 6) is -1.76. The number of alkyl carbamates (subject to hydrolysis) is 1. The largest absolute Gasteiger partial charge is 0.481 e. The summed E-state index contributed by atoms with van der Waals surface area (Å²) in [7, 11) is 0. The van der Waals surface area contributed by atoms with Crippen molar-refractivity contribution in [1.29, 1.82) is 0 Å². The number of amides is 1. The van der Waals surface area contributed by atoms with E-state index in [1.54, 1.807) is 24.3 Å². The van der Waals surface area contributed by atoms with Gasteiger partial charge in [-0.3, -0.25) is 4.79 Å². The van der Waals surface area contributed by atoms with E-state index in [1.807, 2.05) is 13.8 Å². The molecule has 0 aromatic heterocycles. The molecule has 1 fully saturated rings. The normalized spacial score (nSPS) is 18.2. The summed E-state index contributed by atoms with van der Waals surface area (Å²) < 4.78 is 89.1. The highest BCUT2D eigenvalue weighted by molar-refractivity contribution is 7.99. The first-order valence-electron chi connectivity index (χ1n) is 11.4. The summed E-state index contributed by atoms with van der Waals surface area (Å²) in [5, 5.41) is 11.4. The summed E-state index contributed by atoms with van der Waals surface area (Å²) in [6.07, 6.45) is -11.1. The zero-order valence-corrected chi connectivity index (χ0v) is 20.7. The number of benzene rings is 2. The molecule has 37 heavy (non-hydrogen) atoms.